The summed E-state index contributed by atoms with van der Waals surface area (Å²) in [6.45, 7) is 4.23. The second kappa shape index (κ2) is 12.7. The first kappa shape index (κ1) is 28.6. The molecule has 5 rings (SSSR count). The number of nitrogens with zero attached hydrogens (tertiary/aromatic N) is 4. The normalized spacial score (nSPS) is 17.1. The minimum atomic E-state index is -3.22. The van der Waals surface area contributed by atoms with Crippen molar-refractivity contribution in [2.45, 2.75) is 49.3 Å². The van der Waals surface area contributed by atoms with Crippen LogP contribution in [0.4, 0.5) is 5.82 Å². The number of aromatic nitrogens is 1. The fourth-order valence-electron chi connectivity index (χ4n) is 5.32. The molecule has 1 amide bonds. The van der Waals surface area contributed by atoms with Crippen LogP contribution in [-0.4, -0.2) is 68.8 Å². The number of nitriles is 1. The number of rotatable bonds is 8. The van der Waals surface area contributed by atoms with Gasteiger partial charge in [-0.25, -0.2) is 13.4 Å². The number of anilines is 1. The number of piperidine rings is 2. The molecule has 1 aromatic heterocycles. The first-order valence-electron chi connectivity index (χ1n) is 14.0. The van der Waals surface area contributed by atoms with Crippen LogP contribution < -0.4 is 15.0 Å². The maximum atomic E-state index is 12.9. The van der Waals surface area contributed by atoms with Crippen molar-refractivity contribution in [2.24, 2.45) is 0 Å². The Bertz CT molecular complexity index is 1470. The summed E-state index contributed by atoms with van der Waals surface area (Å²) in [6, 6.07) is 20.3. The van der Waals surface area contributed by atoms with Crippen molar-refractivity contribution in [1.82, 2.24) is 15.2 Å². The van der Waals surface area contributed by atoms with Crippen LogP contribution >= 0.6 is 0 Å². The van der Waals surface area contributed by atoms with E-state index in [0.717, 1.165) is 64.2 Å². The topological polar surface area (TPSA) is 116 Å². The highest BCUT2D eigenvalue weighted by atomic mass is 32.2. The minimum absolute atomic E-state index is 0.0518. The summed E-state index contributed by atoms with van der Waals surface area (Å²) in [6.07, 6.45) is 6.33. The van der Waals surface area contributed by atoms with Crippen LogP contribution in [0.15, 0.2) is 71.8 Å². The Hall–Kier alpha value is -3.94. The second-order valence-corrected chi connectivity index (χ2v) is 12.8. The molecule has 214 valence electrons. The third-order valence-electron chi connectivity index (χ3n) is 7.74. The number of nitrogens with one attached hydrogen (secondary N) is 1. The minimum Gasteiger partial charge on any atom is -0.490 e. The fraction of sp³-hybridized carbons (Fsp3) is 0.387. The molecule has 0 radical (unpaired) electrons. The number of carbonyl (C=O) groups excluding carboxylic acids is 1. The van der Waals surface area contributed by atoms with E-state index in [4.69, 9.17) is 10.00 Å². The Kier molecular flexibility index (Phi) is 8.86. The van der Waals surface area contributed by atoms with E-state index in [1.54, 1.807) is 30.5 Å². The van der Waals surface area contributed by atoms with E-state index in [0.29, 0.717) is 16.9 Å². The van der Waals surface area contributed by atoms with Gasteiger partial charge in [0.1, 0.15) is 17.7 Å². The summed E-state index contributed by atoms with van der Waals surface area (Å²) in [5, 5.41) is 12.1. The van der Waals surface area contributed by atoms with Crippen LogP contribution in [0.3, 0.4) is 0 Å². The van der Waals surface area contributed by atoms with Crippen LogP contribution in [0.25, 0.3) is 0 Å². The van der Waals surface area contributed by atoms with Crippen molar-refractivity contribution < 1.29 is 17.9 Å². The Morgan fingerprint density at radius 3 is 2.24 bits per heavy atom. The number of ether oxygens (including phenoxy) is 1. The summed E-state index contributed by atoms with van der Waals surface area (Å²) in [4.78, 5) is 22.3. The van der Waals surface area contributed by atoms with Gasteiger partial charge in [-0.3, -0.25) is 9.69 Å². The van der Waals surface area contributed by atoms with Crippen LogP contribution in [0.1, 0.15) is 47.2 Å². The maximum absolute atomic E-state index is 12.9. The van der Waals surface area contributed by atoms with Gasteiger partial charge in [-0.15, -0.1) is 0 Å². The molecule has 2 aliphatic rings. The van der Waals surface area contributed by atoms with E-state index >= 15 is 0 Å². The number of sulfone groups is 1. The lowest BCUT2D eigenvalue weighted by atomic mass is 10.0. The van der Waals surface area contributed by atoms with Crippen molar-refractivity contribution in [3.05, 3.63) is 83.6 Å². The van der Waals surface area contributed by atoms with Gasteiger partial charge in [0, 0.05) is 64.1 Å². The van der Waals surface area contributed by atoms with E-state index in [1.807, 2.05) is 36.4 Å². The van der Waals surface area contributed by atoms with Gasteiger partial charge >= 0.3 is 0 Å². The molecule has 2 aliphatic heterocycles. The highest BCUT2D eigenvalue weighted by Gasteiger charge is 2.24. The van der Waals surface area contributed by atoms with Crippen molar-refractivity contribution in [1.29, 1.82) is 5.26 Å². The van der Waals surface area contributed by atoms with Gasteiger partial charge in [-0.2, -0.15) is 5.26 Å². The molecule has 0 bridgehead atoms. The molecule has 3 heterocycles. The largest absolute Gasteiger partial charge is 0.490 e. The predicted molar refractivity (Wildman–Crippen MR) is 157 cm³/mol. The second-order valence-electron chi connectivity index (χ2n) is 10.8. The zero-order valence-corrected chi connectivity index (χ0v) is 24.0. The molecule has 2 saturated heterocycles. The molecule has 9 nitrogen and oxygen atoms in total. The van der Waals surface area contributed by atoms with E-state index in [9.17, 15) is 13.2 Å². The van der Waals surface area contributed by atoms with Crippen LogP contribution in [0.5, 0.6) is 5.75 Å². The zero-order chi connectivity index (χ0) is 28.8. The predicted octanol–water partition coefficient (Wildman–Crippen LogP) is 3.80. The molecule has 2 fully saturated rings. The van der Waals surface area contributed by atoms with Crippen LogP contribution in [-0.2, 0) is 16.4 Å². The van der Waals surface area contributed by atoms with Crippen molar-refractivity contribution in [2.75, 3.05) is 37.3 Å². The molecule has 0 spiro atoms. The third-order valence-corrected chi connectivity index (χ3v) is 8.87. The van der Waals surface area contributed by atoms with Gasteiger partial charge in [-0.05, 0) is 66.9 Å². The van der Waals surface area contributed by atoms with Crippen molar-refractivity contribution in [3.8, 4) is 11.8 Å². The van der Waals surface area contributed by atoms with Gasteiger partial charge in [-0.1, -0.05) is 12.1 Å². The van der Waals surface area contributed by atoms with Gasteiger partial charge in [0.15, 0.2) is 9.84 Å². The first-order valence-corrected chi connectivity index (χ1v) is 15.9. The lowest BCUT2D eigenvalue weighted by Crippen LogP contribution is -2.44. The monoisotopic (exact) mass is 573 g/mol. The van der Waals surface area contributed by atoms with E-state index < -0.39 is 9.84 Å². The van der Waals surface area contributed by atoms with Crippen LogP contribution in [0, 0.1) is 11.3 Å². The summed E-state index contributed by atoms with van der Waals surface area (Å²) >= 11 is 0. The highest BCUT2D eigenvalue weighted by molar-refractivity contribution is 7.90. The number of benzene rings is 2. The summed E-state index contributed by atoms with van der Waals surface area (Å²) in [5.74, 6) is 1.42. The van der Waals surface area contributed by atoms with Gasteiger partial charge in [0.25, 0.3) is 5.91 Å². The molecule has 0 atom stereocenters. The molecular formula is C31H35N5O4S. The number of pyridine rings is 1. The van der Waals surface area contributed by atoms with Crippen LogP contribution in [0.2, 0.25) is 0 Å². The first-order chi connectivity index (χ1) is 19.8. The summed E-state index contributed by atoms with van der Waals surface area (Å²) in [7, 11) is -3.22. The molecular weight excluding hydrogens is 538 g/mol. The molecule has 0 saturated carbocycles. The number of hydrogen-bond acceptors (Lipinski definition) is 8. The Morgan fingerprint density at radius 1 is 0.976 bits per heavy atom. The summed E-state index contributed by atoms with van der Waals surface area (Å²) in [5.41, 5.74) is 2.42. The molecule has 0 unspecified atom stereocenters. The number of hydrogen-bond donors (Lipinski definition) is 1. The lowest BCUT2D eigenvalue weighted by Gasteiger charge is -2.33. The number of carbonyl (C=O) groups is 1. The highest BCUT2D eigenvalue weighted by Crippen LogP contribution is 2.24. The number of amides is 1. The average molecular weight is 574 g/mol. The lowest BCUT2D eigenvalue weighted by molar-refractivity contribution is 0.0908. The Morgan fingerprint density at radius 2 is 1.66 bits per heavy atom. The third kappa shape index (κ3) is 7.63. The molecule has 1 N–H and O–H groups in total. The fourth-order valence-corrected chi connectivity index (χ4v) is 5.95. The number of likely N-dealkylation sites (tertiary alicyclic amines) is 1. The van der Waals surface area contributed by atoms with Gasteiger partial charge < -0.3 is 15.0 Å². The van der Waals surface area contributed by atoms with Gasteiger partial charge in [0.05, 0.1) is 22.1 Å². The van der Waals surface area contributed by atoms with E-state index in [2.05, 4.69) is 26.2 Å². The maximum Gasteiger partial charge on any atom is 0.253 e. The molecule has 2 aromatic carbocycles. The smallest absolute Gasteiger partial charge is 0.253 e. The molecule has 10 heteroatoms. The standard InChI is InChI=1S/C31H35N5O4S/c1-41(38,39)29-9-7-27(8-10-29)40-28-14-18-36(19-15-28)30-11-6-25(21-33-30)31(37)34-26-12-16-35(17-13-26)22-24-4-2-23(20-32)3-5-24/h2-11,21,26,28H,12-19,22H2,1H3,(H,34,37). The quantitative estimate of drug-likeness (QED) is 0.433. The Labute approximate surface area is 241 Å². The molecule has 3 aromatic rings. The van der Waals surface area contributed by atoms with Crippen molar-refractivity contribution in [3.63, 3.8) is 0 Å². The molecule has 0 aliphatic carbocycles. The van der Waals surface area contributed by atoms with E-state index in [-0.39, 0.29) is 22.9 Å². The Balaban J connectivity index is 1.05. The van der Waals surface area contributed by atoms with Gasteiger partial charge in [0.2, 0.25) is 0 Å². The SMILES string of the molecule is CS(=O)(=O)c1ccc(OC2CCN(c3ccc(C(=O)NC4CCN(Cc5ccc(C#N)cc5)CC4)cn3)CC2)cc1. The molecule has 41 heavy (non-hydrogen) atoms. The summed E-state index contributed by atoms with van der Waals surface area (Å²) < 4.78 is 29.4. The van der Waals surface area contributed by atoms with E-state index in [1.165, 1.54) is 11.8 Å². The van der Waals surface area contributed by atoms with Crippen molar-refractivity contribution >= 4 is 21.6 Å². The average Bonchev–Trinajstić information content (AvgIpc) is 2.99. The zero-order valence-electron chi connectivity index (χ0n) is 23.2.